The van der Waals surface area contributed by atoms with E-state index < -0.39 is 149 Å². The highest BCUT2D eigenvalue weighted by Gasteiger charge is 2.46. The van der Waals surface area contributed by atoms with Crippen LogP contribution < -0.4 is 16.0 Å². The van der Waals surface area contributed by atoms with E-state index in [-0.39, 0.29) is 63.9 Å². The molecule has 0 bridgehead atoms. The average Bonchev–Trinajstić information content (AvgIpc) is 3.34. The molecule has 406 valence electrons. The number of hydrogen-bond acceptors (Lipinski definition) is 24. The second-order valence-corrected chi connectivity index (χ2v) is 17.4. The average molecular weight is 1020 g/mol. The van der Waals surface area contributed by atoms with Gasteiger partial charge < -0.3 is 106 Å². The molecule has 0 unspecified atom stereocenters. The lowest BCUT2D eigenvalue weighted by Gasteiger charge is -2.39. The predicted octanol–water partition coefficient (Wildman–Crippen LogP) is -7.49. The quantitative estimate of drug-likeness (QED) is 0.0272. The molecule has 3 fully saturated rings. The molecule has 16 atom stereocenters. The van der Waals surface area contributed by atoms with E-state index in [0.717, 1.165) is 0 Å². The summed E-state index contributed by atoms with van der Waals surface area (Å²) in [7, 11) is 0. The van der Waals surface area contributed by atoms with Crippen LogP contribution in [0.2, 0.25) is 0 Å². The predicted molar refractivity (Wildman–Crippen MR) is 235 cm³/mol. The number of carbonyl (C=O) groups excluding carboxylic acids is 5. The van der Waals surface area contributed by atoms with Gasteiger partial charge in [-0.1, -0.05) is 19.8 Å². The van der Waals surface area contributed by atoms with Crippen molar-refractivity contribution in [2.24, 2.45) is 0 Å². The summed E-state index contributed by atoms with van der Waals surface area (Å²) < 4.78 is 32.4. The van der Waals surface area contributed by atoms with Gasteiger partial charge in [-0.15, -0.1) is 0 Å². The molecule has 3 aliphatic heterocycles. The van der Waals surface area contributed by atoms with Gasteiger partial charge in [0, 0.05) is 45.3 Å². The van der Waals surface area contributed by atoms with Gasteiger partial charge in [0.05, 0.1) is 58.8 Å². The number of amides is 3. The first kappa shape index (κ1) is 61.3. The summed E-state index contributed by atoms with van der Waals surface area (Å²) in [5.74, 6) is -1.98. The molecular weight excluding hydrogens is 940 g/mol. The van der Waals surface area contributed by atoms with E-state index in [1.807, 2.05) is 0 Å². The van der Waals surface area contributed by atoms with Crippen LogP contribution in [0.3, 0.4) is 0 Å². The van der Waals surface area contributed by atoms with E-state index >= 15 is 0 Å². The SMILES string of the molecule is CCC(=O)CCCCC(=O)CCCCC[C@H](C(=O)NCCO[C@H]1O[C@H](CO)[C@@H](O)[C@H](O)[C@@H]1O)N(CC(=O)NCCO[C@H]1O[C@H](CO)[C@@H](O)[C@H](O)[C@@H]1O)CC(=O)NCCO[C@H]1O[C@H](CO)[C@@H](O)[C@H](O)[C@@H]1O. The lowest BCUT2D eigenvalue weighted by Crippen LogP contribution is -2.59. The molecule has 27 heteroatoms. The number of rotatable bonds is 33. The molecule has 0 spiro atoms. The van der Waals surface area contributed by atoms with Crippen molar-refractivity contribution in [2.45, 2.75) is 169 Å². The number of ketones is 2. The van der Waals surface area contributed by atoms with Gasteiger partial charge in [-0.25, -0.2) is 0 Å². The second-order valence-electron chi connectivity index (χ2n) is 17.4. The summed E-state index contributed by atoms with van der Waals surface area (Å²) in [6, 6.07) is -1.20. The summed E-state index contributed by atoms with van der Waals surface area (Å²) in [6.45, 7) is -3.09. The molecule has 0 saturated carbocycles. The third-order valence-electron chi connectivity index (χ3n) is 12.1. The third-order valence-corrected chi connectivity index (χ3v) is 12.1. The zero-order valence-electron chi connectivity index (χ0n) is 39.4. The Bertz CT molecular complexity index is 1510. The Morgan fingerprint density at radius 1 is 0.486 bits per heavy atom. The van der Waals surface area contributed by atoms with Gasteiger partial charge in [-0.3, -0.25) is 28.9 Å². The van der Waals surface area contributed by atoms with E-state index in [1.54, 1.807) is 6.92 Å². The molecule has 3 saturated heterocycles. The number of aliphatic hydroxyl groups excluding tert-OH is 12. The first-order chi connectivity index (χ1) is 33.4. The fraction of sp³-hybridized carbons (Fsp3) is 0.884. The number of nitrogens with one attached hydrogen (secondary N) is 3. The number of carbonyl (C=O) groups is 5. The summed E-state index contributed by atoms with van der Waals surface area (Å²) >= 11 is 0. The molecule has 0 aromatic rings. The van der Waals surface area contributed by atoms with Crippen LogP contribution in [0, 0.1) is 0 Å². The van der Waals surface area contributed by atoms with Crippen molar-refractivity contribution < 1.29 is 114 Å². The van der Waals surface area contributed by atoms with Crippen LogP contribution in [0.5, 0.6) is 0 Å². The van der Waals surface area contributed by atoms with Crippen LogP contribution in [0.15, 0.2) is 0 Å². The lowest BCUT2D eigenvalue weighted by atomic mass is 9.99. The van der Waals surface area contributed by atoms with Crippen LogP contribution >= 0.6 is 0 Å². The number of aliphatic hydroxyl groups is 12. The zero-order chi connectivity index (χ0) is 51.9. The maximum atomic E-state index is 14.0. The van der Waals surface area contributed by atoms with Crippen molar-refractivity contribution in [3.8, 4) is 0 Å². The molecule has 70 heavy (non-hydrogen) atoms. The molecule has 3 heterocycles. The first-order valence-corrected chi connectivity index (χ1v) is 23.7. The van der Waals surface area contributed by atoms with Crippen molar-refractivity contribution in [1.29, 1.82) is 0 Å². The second kappa shape index (κ2) is 32.2. The minimum absolute atomic E-state index is 0.0126. The minimum atomic E-state index is -1.72. The Labute approximate surface area is 404 Å². The van der Waals surface area contributed by atoms with Crippen molar-refractivity contribution in [1.82, 2.24) is 20.9 Å². The van der Waals surface area contributed by atoms with E-state index in [9.17, 15) is 85.3 Å². The lowest BCUT2D eigenvalue weighted by molar-refractivity contribution is -0.300. The van der Waals surface area contributed by atoms with Crippen LogP contribution in [0.1, 0.15) is 71.1 Å². The van der Waals surface area contributed by atoms with E-state index in [0.29, 0.717) is 51.4 Å². The van der Waals surface area contributed by atoms with Gasteiger partial charge >= 0.3 is 0 Å². The number of unbranched alkanes of at least 4 members (excludes halogenated alkanes) is 3. The zero-order valence-corrected chi connectivity index (χ0v) is 39.4. The van der Waals surface area contributed by atoms with Crippen LogP contribution in [-0.2, 0) is 52.4 Å². The third kappa shape index (κ3) is 19.4. The largest absolute Gasteiger partial charge is 0.394 e. The number of Topliss-reactive ketones (excluding diaryl/α,β-unsaturated/α-hetero) is 2. The Hall–Kier alpha value is -3.01. The molecule has 3 rings (SSSR count). The number of hydrogen-bond donors (Lipinski definition) is 15. The number of nitrogens with zero attached hydrogens (tertiary/aromatic N) is 1. The number of ether oxygens (including phenoxy) is 6. The minimum Gasteiger partial charge on any atom is -0.394 e. The van der Waals surface area contributed by atoms with Gasteiger partial charge in [0.2, 0.25) is 17.7 Å². The highest BCUT2D eigenvalue weighted by Crippen LogP contribution is 2.24. The fourth-order valence-electron chi connectivity index (χ4n) is 7.83. The van der Waals surface area contributed by atoms with E-state index in [2.05, 4.69) is 16.0 Å². The monoisotopic (exact) mass is 1020 g/mol. The van der Waals surface area contributed by atoms with Crippen LogP contribution in [-0.4, -0.2) is 266 Å². The molecule has 27 nitrogen and oxygen atoms in total. The molecule has 3 amide bonds. The van der Waals surface area contributed by atoms with Crippen molar-refractivity contribution in [3.05, 3.63) is 0 Å². The Morgan fingerprint density at radius 2 is 0.843 bits per heavy atom. The summed E-state index contributed by atoms with van der Waals surface area (Å²) in [5.41, 5.74) is 0. The van der Waals surface area contributed by atoms with Crippen molar-refractivity contribution in [3.63, 3.8) is 0 Å². The van der Waals surface area contributed by atoms with E-state index in [1.165, 1.54) is 4.90 Å². The summed E-state index contributed by atoms with van der Waals surface area (Å²) in [4.78, 5) is 66.4. The van der Waals surface area contributed by atoms with Gasteiger partial charge in [-0.2, -0.15) is 0 Å². The molecule has 0 aromatic heterocycles. The summed E-state index contributed by atoms with van der Waals surface area (Å²) in [6.07, 6.45) is -19.5. The van der Waals surface area contributed by atoms with Crippen molar-refractivity contribution in [2.75, 3.05) is 72.4 Å². The highest BCUT2D eigenvalue weighted by molar-refractivity contribution is 5.86. The molecule has 0 radical (unpaired) electrons. The van der Waals surface area contributed by atoms with Crippen molar-refractivity contribution >= 4 is 29.3 Å². The summed E-state index contributed by atoms with van der Waals surface area (Å²) in [5, 5.41) is 128. The molecule has 0 aliphatic carbocycles. The normalized spacial score (nSPS) is 31.8. The first-order valence-electron chi connectivity index (χ1n) is 23.7. The Kier molecular flexibility index (Phi) is 28.2. The van der Waals surface area contributed by atoms with Gasteiger partial charge in [0.1, 0.15) is 84.8 Å². The molecule has 3 aliphatic rings. The standard InChI is InChI=1S/C43H76N4O23/c1-2-23(51)8-6-7-10-24(52)9-4-3-5-11-25(40(64)46-14-17-67-43-39(63)36(60)33(57)28(22-50)70-43)47(18-29(53)44-12-15-65-41-37(61)34(58)31(55)26(20-48)68-41)19-30(54)45-13-16-66-42-38(62)35(59)32(56)27(21-49)69-42/h25-28,31-39,41-43,48-50,55-63H,2-22H2,1H3,(H,44,53)(H,45,54)(H,46,64)/t25-,26-,27-,28-,31-,32-,33-,34+,35+,36+,37+,38+,39+,41+,42+,43+/m1/s1. The van der Waals surface area contributed by atoms with Gasteiger partial charge in [0.15, 0.2) is 18.9 Å². The maximum absolute atomic E-state index is 14.0. The fourth-order valence-corrected chi connectivity index (χ4v) is 7.83. The van der Waals surface area contributed by atoms with Gasteiger partial charge in [0.25, 0.3) is 0 Å². The smallest absolute Gasteiger partial charge is 0.237 e. The van der Waals surface area contributed by atoms with Crippen LogP contribution in [0.25, 0.3) is 0 Å². The highest BCUT2D eigenvalue weighted by atomic mass is 16.7. The van der Waals surface area contributed by atoms with Gasteiger partial charge in [-0.05, 0) is 25.7 Å². The Morgan fingerprint density at radius 3 is 1.21 bits per heavy atom. The topological polar surface area (TPSA) is 423 Å². The molecule has 15 N–H and O–H groups in total. The van der Waals surface area contributed by atoms with Crippen LogP contribution in [0.4, 0.5) is 0 Å². The molecule has 0 aromatic carbocycles. The Balaban J connectivity index is 1.71. The molecular formula is C43H76N4O23. The maximum Gasteiger partial charge on any atom is 0.237 e. The van der Waals surface area contributed by atoms with E-state index in [4.69, 9.17) is 28.4 Å².